The lowest BCUT2D eigenvalue weighted by Crippen LogP contribution is -2.02. The predicted octanol–water partition coefficient (Wildman–Crippen LogP) is 3.25. The van der Waals surface area contributed by atoms with Crippen LogP contribution in [-0.2, 0) is 0 Å². The molecule has 0 radical (unpaired) electrons. The molecule has 0 aliphatic heterocycles. The summed E-state index contributed by atoms with van der Waals surface area (Å²) in [5, 5.41) is 18.1. The first-order valence-electron chi connectivity index (χ1n) is 6.24. The minimum absolute atomic E-state index is 0.0346. The van der Waals surface area contributed by atoms with Gasteiger partial charge in [-0.3, -0.25) is 0 Å². The fourth-order valence-electron chi connectivity index (χ4n) is 2.09. The highest BCUT2D eigenvalue weighted by molar-refractivity contribution is 5.91. The summed E-state index contributed by atoms with van der Waals surface area (Å²) >= 11 is 0. The van der Waals surface area contributed by atoms with Crippen LogP contribution < -0.4 is 10.5 Å². The number of nitrogens with two attached hydrogens (primary N) is 1. The fraction of sp³-hybridized carbons (Fsp3) is 0.125. The van der Waals surface area contributed by atoms with E-state index in [9.17, 15) is 9.90 Å². The molecule has 0 aliphatic rings. The molecule has 2 aromatic carbocycles. The largest absolute Gasteiger partial charge is 0.478 e. The minimum atomic E-state index is -1.09. The van der Waals surface area contributed by atoms with Gasteiger partial charge in [-0.25, -0.2) is 4.79 Å². The van der Waals surface area contributed by atoms with Crippen molar-refractivity contribution in [1.29, 1.82) is 5.26 Å². The van der Waals surface area contributed by atoms with E-state index in [4.69, 9.17) is 15.7 Å². The number of rotatable bonds is 3. The van der Waals surface area contributed by atoms with Crippen LogP contribution in [-0.4, -0.2) is 11.1 Å². The number of nitrogen functional groups attached to an aromatic ring is 1. The van der Waals surface area contributed by atoms with Gasteiger partial charge in [0.2, 0.25) is 0 Å². The van der Waals surface area contributed by atoms with E-state index in [1.807, 2.05) is 0 Å². The van der Waals surface area contributed by atoms with Crippen LogP contribution in [0.15, 0.2) is 30.3 Å². The number of carboxylic acids is 1. The molecule has 21 heavy (non-hydrogen) atoms. The number of anilines is 1. The molecule has 0 unspecified atom stereocenters. The van der Waals surface area contributed by atoms with Crippen molar-refractivity contribution in [2.75, 3.05) is 5.73 Å². The molecule has 0 bridgehead atoms. The van der Waals surface area contributed by atoms with Gasteiger partial charge < -0.3 is 15.6 Å². The summed E-state index contributed by atoms with van der Waals surface area (Å²) in [6.45, 7) is 3.60. The maximum atomic E-state index is 11.2. The smallest absolute Gasteiger partial charge is 0.339 e. The number of nitriles is 1. The van der Waals surface area contributed by atoms with Crippen molar-refractivity contribution in [2.45, 2.75) is 13.8 Å². The van der Waals surface area contributed by atoms with Crippen LogP contribution in [0.3, 0.4) is 0 Å². The first-order chi connectivity index (χ1) is 9.92. The third kappa shape index (κ3) is 2.95. The molecular formula is C16H14N2O3. The zero-order valence-corrected chi connectivity index (χ0v) is 11.7. The molecule has 0 saturated heterocycles. The Labute approximate surface area is 122 Å². The number of hydrogen-bond donors (Lipinski definition) is 2. The zero-order chi connectivity index (χ0) is 15.6. The summed E-state index contributed by atoms with van der Waals surface area (Å²) in [6, 6.07) is 9.83. The number of hydrogen-bond acceptors (Lipinski definition) is 4. The number of aromatic carboxylic acids is 1. The molecule has 0 atom stereocenters. The highest BCUT2D eigenvalue weighted by Gasteiger charge is 2.15. The van der Waals surface area contributed by atoms with Crippen molar-refractivity contribution >= 4 is 11.7 Å². The van der Waals surface area contributed by atoms with Crippen LogP contribution in [0.4, 0.5) is 5.69 Å². The van der Waals surface area contributed by atoms with Crippen molar-refractivity contribution < 1.29 is 14.6 Å². The number of benzene rings is 2. The molecule has 0 aromatic heterocycles. The minimum Gasteiger partial charge on any atom is -0.478 e. The van der Waals surface area contributed by atoms with Gasteiger partial charge in [-0.2, -0.15) is 5.26 Å². The average Bonchev–Trinajstić information content (AvgIpc) is 2.42. The number of aryl methyl sites for hydroxylation is 2. The Hall–Kier alpha value is -3.00. The van der Waals surface area contributed by atoms with Crippen molar-refractivity contribution in [3.63, 3.8) is 0 Å². The quantitative estimate of drug-likeness (QED) is 0.842. The van der Waals surface area contributed by atoms with Crippen LogP contribution in [0.5, 0.6) is 11.5 Å². The standard InChI is InChI=1S/C16H14N2O3/c1-9-5-11(8-17)6-10(2)15(9)21-14-7-12(18)3-4-13(14)16(19)20/h3-7H,18H2,1-2H3,(H,19,20). The fourth-order valence-corrected chi connectivity index (χ4v) is 2.09. The highest BCUT2D eigenvalue weighted by Crippen LogP contribution is 2.32. The van der Waals surface area contributed by atoms with Crippen LogP contribution in [0, 0.1) is 25.2 Å². The molecule has 106 valence electrons. The Morgan fingerprint density at radius 1 is 1.24 bits per heavy atom. The average molecular weight is 282 g/mol. The van der Waals surface area contributed by atoms with Gasteiger partial charge in [0.25, 0.3) is 0 Å². The number of ether oxygens (including phenoxy) is 1. The first kappa shape index (κ1) is 14.4. The van der Waals surface area contributed by atoms with Crippen LogP contribution in [0.1, 0.15) is 27.0 Å². The third-order valence-corrected chi connectivity index (χ3v) is 3.04. The normalized spacial score (nSPS) is 9.95. The molecule has 0 spiro atoms. The lowest BCUT2D eigenvalue weighted by molar-refractivity contribution is 0.0694. The van der Waals surface area contributed by atoms with Gasteiger partial charge in [-0.05, 0) is 49.2 Å². The number of carboxylic acid groups (broad SMARTS) is 1. The Kier molecular flexibility index (Phi) is 3.81. The monoisotopic (exact) mass is 282 g/mol. The maximum Gasteiger partial charge on any atom is 0.339 e. The molecule has 0 amide bonds. The summed E-state index contributed by atoms with van der Waals surface area (Å²) in [5.41, 5.74) is 8.18. The summed E-state index contributed by atoms with van der Waals surface area (Å²) in [6.07, 6.45) is 0. The molecule has 3 N–H and O–H groups in total. The van der Waals surface area contributed by atoms with Gasteiger partial charge >= 0.3 is 5.97 Å². The van der Waals surface area contributed by atoms with E-state index in [1.165, 1.54) is 18.2 Å². The van der Waals surface area contributed by atoms with E-state index in [0.717, 1.165) is 11.1 Å². The van der Waals surface area contributed by atoms with Crippen molar-refractivity contribution in [3.8, 4) is 17.6 Å². The summed E-state index contributed by atoms with van der Waals surface area (Å²) in [7, 11) is 0. The second kappa shape index (κ2) is 5.55. The second-order valence-electron chi connectivity index (χ2n) is 4.71. The van der Waals surface area contributed by atoms with Gasteiger partial charge in [0.15, 0.2) is 0 Å². The molecule has 2 rings (SSSR count). The topological polar surface area (TPSA) is 96.3 Å². The van der Waals surface area contributed by atoms with E-state index in [0.29, 0.717) is 17.0 Å². The van der Waals surface area contributed by atoms with E-state index in [1.54, 1.807) is 26.0 Å². The van der Waals surface area contributed by atoms with E-state index in [2.05, 4.69) is 6.07 Å². The van der Waals surface area contributed by atoms with Crippen LogP contribution in [0.2, 0.25) is 0 Å². The molecular weight excluding hydrogens is 268 g/mol. The van der Waals surface area contributed by atoms with Crippen molar-refractivity contribution in [3.05, 3.63) is 52.6 Å². The lowest BCUT2D eigenvalue weighted by atomic mass is 10.1. The summed E-state index contributed by atoms with van der Waals surface area (Å²) in [4.78, 5) is 11.2. The van der Waals surface area contributed by atoms with Gasteiger partial charge in [0.1, 0.15) is 17.1 Å². The number of carbonyl (C=O) groups is 1. The van der Waals surface area contributed by atoms with Gasteiger partial charge in [0.05, 0.1) is 11.6 Å². The molecule has 2 aromatic rings. The van der Waals surface area contributed by atoms with Crippen LogP contribution in [0.25, 0.3) is 0 Å². The first-order valence-corrected chi connectivity index (χ1v) is 6.24. The maximum absolute atomic E-state index is 11.2. The third-order valence-electron chi connectivity index (χ3n) is 3.04. The molecule has 0 fully saturated rings. The molecule has 5 heteroatoms. The number of nitrogens with zero attached hydrogens (tertiary/aromatic N) is 1. The Morgan fingerprint density at radius 2 is 1.86 bits per heavy atom. The highest BCUT2D eigenvalue weighted by atomic mass is 16.5. The van der Waals surface area contributed by atoms with E-state index >= 15 is 0 Å². The summed E-state index contributed by atoms with van der Waals surface area (Å²) < 4.78 is 5.74. The Bertz CT molecular complexity index is 738. The van der Waals surface area contributed by atoms with E-state index in [-0.39, 0.29) is 11.3 Å². The molecule has 0 saturated carbocycles. The molecule has 5 nitrogen and oxygen atoms in total. The Morgan fingerprint density at radius 3 is 2.38 bits per heavy atom. The zero-order valence-electron chi connectivity index (χ0n) is 11.7. The van der Waals surface area contributed by atoms with E-state index < -0.39 is 5.97 Å². The lowest BCUT2D eigenvalue weighted by Gasteiger charge is -2.14. The SMILES string of the molecule is Cc1cc(C#N)cc(C)c1Oc1cc(N)ccc1C(=O)O. The molecule has 0 aliphatic carbocycles. The van der Waals surface area contributed by atoms with Gasteiger partial charge in [0, 0.05) is 11.8 Å². The van der Waals surface area contributed by atoms with Crippen LogP contribution >= 0.6 is 0 Å². The van der Waals surface area contributed by atoms with Crippen molar-refractivity contribution in [1.82, 2.24) is 0 Å². The van der Waals surface area contributed by atoms with Gasteiger partial charge in [-0.15, -0.1) is 0 Å². The second-order valence-corrected chi connectivity index (χ2v) is 4.71. The predicted molar refractivity (Wildman–Crippen MR) is 78.5 cm³/mol. The Balaban J connectivity index is 2.51. The summed E-state index contributed by atoms with van der Waals surface area (Å²) in [5.74, 6) is -0.380. The molecule has 0 heterocycles. The van der Waals surface area contributed by atoms with Crippen molar-refractivity contribution in [2.24, 2.45) is 0 Å². The van der Waals surface area contributed by atoms with Gasteiger partial charge in [-0.1, -0.05) is 0 Å².